The van der Waals surface area contributed by atoms with E-state index in [1.807, 2.05) is 23.6 Å². The van der Waals surface area contributed by atoms with Crippen LogP contribution in [0.2, 0.25) is 0 Å². The van der Waals surface area contributed by atoms with Crippen LogP contribution < -0.4 is 0 Å². The molecule has 2 aromatic rings. The van der Waals surface area contributed by atoms with Gasteiger partial charge in [-0.05, 0) is 62.6 Å². The number of hydrogen-bond donors (Lipinski definition) is 1. The van der Waals surface area contributed by atoms with Crippen LogP contribution in [0.25, 0.3) is 0 Å². The van der Waals surface area contributed by atoms with Gasteiger partial charge in [-0.15, -0.1) is 11.3 Å². The first-order valence-corrected chi connectivity index (χ1v) is 8.42. The highest BCUT2D eigenvalue weighted by molar-refractivity contribution is 14.1. The number of thiophene rings is 1. The molecule has 1 aromatic carbocycles. The summed E-state index contributed by atoms with van der Waals surface area (Å²) < 4.78 is 1.20. The predicted molar refractivity (Wildman–Crippen MR) is 90.9 cm³/mol. The second kappa shape index (κ2) is 5.94. The summed E-state index contributed by atoms with van der Waals surface area (Å²) in [5.74, 6) is 0. The van der Waals surface area contributed by atoms with E-state index < -0.39 is 6.10 Å². The molecule has 0 aliphatic carbocycles. The molecule has 3 heteroatoms. The second-order valence-electron chi connectivity index (χ2n) is 5.45. The van der Waals surface area contributed by atoms with Crippen molar-refractivity contribution in [3.63, 3.8) is 0 Å². The average Bonchev–Trinajstić information content (AvgIpc) is 2.85. The molecule has 0 radical (unpaired) electrons. The first kappa shape index (κ1) is 15.0. The fourth-order valence-electron chi connectivity index (χ4n) is 1.98. The molecule has 1 unspecified atom stereocenters. The molecule has 0 saturated carbocycles. The zero-order chi connectivity index (χ0) is 14.0. The van der Waals surface area contributed by atoms with E-state index in [0.29, 0.717) is 0 Å². The van der Waals surface area contributed by atoms with Gasteiger partial charge >= 0.3 is 0 Å². The Morgan fingerprint density at radius 2 is 1.84 bits per heavy atom. The lowest BCUT2D eigenvalue weighted by molar-refractivity contribution is 0.220. The van der Waals surface area contributed by atoms with E-state index in [1.54, 1.807) is 11.3 Å². The Balaban J connectivity index is 2.23. The highest BCUT2D eigenvalue weighted by atomic mass is 127. The minimum absolute atomic E-state index is 0.196. The molecule has 2 rings (SSSR count). The van der Waals surface area contributed by atoms with Gasteiger partial charge < -0.3 is 5.11 Å². The highest BCUT2D eigenvalue weighted by Gasteiger charge is 2.19. The zero-order valence-electron chi connectivity index (χ0n) is 11.5. The fraction of sp³-hybridized carbons (Fsp3) is 0.375. The van der Waals surface area contributed by atoms with Gasteiger partial charge in [0.05, 0.1) is 2.88 Å². The largest absolute Gasteiger partial charge is 0.384 e. The number of aliphatic hydroxyl groups is 1. The molecule has 0 bridgehead atoms. The molecular weight excluding hydrogens is 367 g/mol. The van der Waals surface area contributed by atoms with Gasteiger partial charge in [-0.3, -0.25) is 0 Å². The SMILES string of the molecule is CCC(C)(C)c1ccc(C(O)c2csc(I)c2)cc1. The molecule has 1 atom stereocenters. The van der Waals surface area contributed by atoms with Gasteiger partial charge in [0.1, 0.15) is 6.10 Å². The summed E-state index contributed by atoms with van der Waals surface area (Å²) in [5.41, 5.74) is 3.47. The van der Waals surface area contributed by atoms with Crippen LogP contribution in [0.1, 0.15) is 50.0 Å². The fourth-order valence-corrected chi connectivity index (χ4v) is 3.37. The summed E-state index contributed by atoms with van der Waals surface area (Å²) in [6.45, 7) is 6.70. The maximum Gasteiger partial charge on any atom is 0.105 e. The summed E-state index contributed by atoms with van der Waals surface area (Å²) in [6.07, 6.45) is 0.594. The smallest absolute Gasteiger partial charge is 0.105 e. The van der Waals surface area contributed by atoms with E-state index in [2.05, 4.69) is 55.5 Å². The zero-order valence-corrected chi connectivity index (χ0v) is 14.5. The van der Waals surface area contributed by atoms with Crippen molar-refractivity contribution in [2.24, 2.45) is 0 Å². The number of hydrogen-bond acceptors (Lipinski definition) is 2. The number of benzene rings is 1. The van der Waals surface area contributed by atoms with Crippen molar-refractivity contribution in [1.29, 1.82) is 0 Å². The quantitative estimate of drug-likeness (QED) is 0.723. The summed E-state index contributed by atoms with van der Waals surface area (Å²) in [7, 11) is 0. The normalized spacial score (nSPS) is 13.5. The van der Waals surface area contributed by atoms with Crippen molar-refractivity contribution in [3.05, 3.63) is 55.3 Å². The van der Waals surface area contributed by atoms with Crippen molar-refractivity contribution in [3.8, 4) is 0 Å². The molecule has 1 nitrogen and oxygen atoms in total. The van der Waals surface area contributed by atoms with Gasteiger partial charge in [0.15, 0.2) is 0 Å². The molecule has 0 aliphatic rings. The second-order valence-corrected chi connectivity index (χ2v) is 8.25. The molecular formula is C16H19IOS. The molecule has 0 saturated heterocycles. The maximum atomic E-state index is 10.4. The number of rotatable bonds is 4. The number of halogens is 1. The lowest BCUT2D eigenvalue weighted by atomic mass is 9.82. The predicted octanol–water partition coefficient (Wildman–Crippen LogP) is 5.12. The van der Waals surface area contributed by atoms with Crippen LogP contribution in [0, 0.1) is 2.88 Å². The highest BCUT2D eigenvalue weighted by Crippen LogP contribution is 2.30. The van der Waals surface area contributed by atoms with Gasteiger partial charge in [0.2, 0.25) is 0 Å². The third-order valence-electron chi connectivity index (χ3n) is 3.80. The van der Waals surface area contributed by atoms with Gasteiger partial charge in [-0.25, -0.2) is 0 Å². The lowest BCUT2D eigenvalue weighted by Gasteiger charge is -2.23. The van der Waals surface area contributed by atoms with Crippen LogP contribution in [0.3, 0.4) is 0 Å². The Kier molecular flexibility index (Phi) is 4.69. The van der Waals surface area contributed by atoms with Crippen LogP contribution in [-0.2, 0) is 5.41 Å². The Hall–Kier alpha value is -0.390. The van der Waals surface area contributed by atoms with Crippen LogP contribution in [0.4, 0.5) is 0 Å². The van der Waals surface area contributed by atoms with E-state index in [1.165, 1.54) is 8.45 Å². The van der Waals surface area contributed by atoms with Crippen LogP contribution in [0.15, 0.2) is 35.7 Å². The Labute approximate surface area is 132 Å². The Bertz CT molecular complexity index is 542. The molecule has 1 aromatic heterocycles. The van der Waals surface area contributed by atoms with E-state index in [-0.39, 0.29) is 5.41 Å². The number of aliphatic hydroxyl groups excluding tert-OH is 1. The molecule has 1 N–H and O–H groups in total. The van der Waals surface area contributed by atoms with Gasteiger partial charge in [-0.1, -0.05) is 45.0 Å². The summed E-state index contributed by atoms with van der Waals surface area (Å²) in [6, 6.07) is 10.4. The van der Waals surface area contributed by atoms with Gasteiger partial charge in [-0.2, -0.15) is 0 Å². The van der Waals surface area contributed by atoms with Gasteiger partial charge in [0, 0.05) is 0 Å². The third-order valence-corrected chi connectivity index (χ3v) is 5.60. The minimum atomic E-state index is -0.515. The molecule has 19 heavy (non-hydrogen) atoms. The van der Waals surface area contributed by atoms with Crippen molar-refractivity contribution in [2.75, 3.05) is 0 Å². The minimum Gasteiger partial charge on any atom is -0.384 e. The third kappa shape index (κ3) is 3.38. The molecule has 102 valence electrons. The lowest BCUT2D eigenvalue weighted by Crippen LogP contribution is -2.15. The Morgan fingerprint density at radius 1 is 1.21 bits per heavy atom. The van der Waals surface area contributed by atoms with Crippen LogP contribution in [0.5, 0.6) is 0 Å². The molecule has 0 fully saturated rings. The van der Waals surface area contributed by atoms with Crippen molar-refractivity contribution in [1.82, 2.24) is 0 Å². The van der Waals surface area contributed by atoms with E-state index in [4.69, 9.17) is 0 Å². The summed E-state index contributed by atoms with van der Waals surface area (Å²) in [5, 5.41) is 12.4. The van der Waals surface area contributed by atoms with E-state index in [0.717, 1.165) is 17.5 Å². The first-order chi connectivity index (χ1) is 8.94. The monoisotopic (exact) mass is 386 g/mol. The average molecular weight is 386 g/mol. The first-order valence-electron chi connectivity index (χ1n) is 6.46. The van der Waals surface area contributed by atoms with Crippen LogP contribution >= 0.6 is 33.9 Å². The summed E-state index contributed by atoms with van der Waals surface area (Å²) >= 11 is 3.95. The van der Waals surface area contributed by atoms with Crippen molar-refractivity contribution in [2.45, 2.75) is 38.7 Å². The van der Waals surface area contributed by atoms with Crippen molar-refractivity contribution < 1.29 is 5.11 Å². The van der Waals surface area contributed by atoms with E-state index >= 15 is 0 Å². The maximum absolute atomic E-state index is 10.4. The Morgan fingerprint density at radius 3 is 2.32 bits per heavy atom. The van der Waals surface area contributed by atoms with Crippen LogP contribution in [-0.4, -0.2) is 5.11 Å². The summed E-state index contributed by atoms with van der Waals surface area (Å²) in [4.78, 5) is 0. The standard InChI is InChI=1S/C16H19IOS/c1-4-16(2,3)13-7-5-11(6-8-13)15(18)12-9-14(17)19-10-12/h5-10,15,18H,4H2,1-3H3. The van der Waals surface area contributed by atoms with Crippen molar-refractivity contribution >= 4 is 33.9 Å². The molecule has 0 amide bonds. The molecule has 0 aliphatic heterocycles. The molecule has 0 spiro atoms. The topological polar surface area (TPSA) is 20.2 Å². The van der Waals surface area contributed by atoms with E-state index in [9.17, 15) is 5.11 Å². The van der Waals surface area contributed by atoms with Gasteiger partial charge in [0.25, 0.3) is 0 Å². The molecule has 1 heterocycles.